The molecule has 0 bridgehead atoms. The second-order valence-electron chi connectivity index (χ2n) is 14.2. The Kier molecular flexibility index (Phi) is 17.3. The molecule has 1 aromatic heterocycles. The highest BCUT2D eigenvalue weighted by Gasteiger charge is 2.43. The average molecular weight is 730 g/mol. The number of hydrogen-bond donors (Lipinski definition) is 0. The lowest BCUT2D eigenvalue weighted by molar-refractivity contribution is -0.146. The average Bonchev–Trinajstić information content (AvgIpc) is 3.43. The molecular formula is C44H59NO8. The summed E-state index contributed by atoms with van der Waals surface area (Å²) in [6.07, 6.45) is 11.8. The Balaban J connectivity index is 1.32. The van der Waals surface area contributed by atoms with Gasteiger partial charge in [0.05, 0.1) is 43.2 Å². The van der Waals surface area contributed by atoms with Gasteiger partial charge in [-0.15, -0.1) is 0 Å². The maximum absolute atomic E-state index is 13.9. The maximum atomic E-state index is 13.9. The molecule has 0 radical (unpaired) electrons. The number of nitrogens with zero attached hydrogens (tertiary/aromatic N) is 1. The largest absolute Gasteiger partial charge is 0.493 e. The molecule has 1 heterocycles. The van der Waals surface area contributed by atoms with E-state index >= 15 is 0 Å². The molecule has 4 rings (SSSR count). The second-order valence-corrected chi connectivity index (χ2v) is 14.2. The Morgan fingerprint density at radius 1 is 0.679 bits per heavy atom. The predicted molar refractivity (Wildman–Crippen MR) is 207 cm³/mol. The van der Waals surface area contributed by atoms with Crippen LogP contribution in [0.3, 0.4) is 0 Å². The topological polar surface area (TPSA) is 118 Å². The summed E-state index contributed by atoms with van der Waals surface area (Å²) >= 11 is 0. The number of carbonyl (C=O) groups excluding carboxylic acids is 4. The molecule has 0 spiro atoms. The Morgan fingerprint density at radius 2 is 1.26 bits per heavy atom. The molecule has 53 heavy (non-hydrogen) atoms. The number of hydrogen-bond acceptors (Lipinski definition) is 9. The second kappa shape index (κ2) is 22.1. The summed E-state index contributed by atoms with van der Waals surface area (Å²) in [5.41, 5.74) is 1.52. The van der Waals surface area contributed by atoms with E-state index in [-0.39, 0.29) is 29.1 Å². The number of rotatable bonds is 25. The lowest BCUT2D eigenvalue weighted by Gasteiger charge is -2.15. The highest BCUT2D eigenvalue weighted by molar-refractivity contribution is 6.30. The molecule has 288 valence electrons. The minimum atomic E-state index is -1.11. The molecule has 0 aliphatic heterocycles. The van der Waals surface area contributed by atoms with Gasteiger partial charge < -0.3 is 18.9 Å². The van der Waals surface area contributed by atoms with Gasteiger partial charge in [0.25, 0.3) is 0 Å². The zero-order chi connectivity index (χ0) is 38.0. The van der Waals surface area contributed by atoms with Gasteiger partial charge >= 0.3 is 11.9 Å². The van der Waals surface area contributed by atoms with Crippen LogP contribution in [0.15, 0.2) is 48.5 Å². The fourth-order valence-corrected chi connectivity index (χ4v) is 6.70. The van der Waals surface area contributed by atoms with Crippen molar-refractivity contribution in [2.45, 2.75) is 124 Å². The van der Waals surface area contributed by atoms with Crippen LogP contribution >= 0.6 is 0 Å². The SMILES string of the molecule is CCCCC(CC)COC(=O)CCCCOc1cccc2c1C(=O)C(c1cc(OCCCCC(=O)OCC(CC)CCCC)c3ccccc3n1)C2=O. The van der Waals surface area contributed by atoms with Gasteiger partial charge in [-0.3, -0.25) is 24.2 Å². The molecule has 0 amide bonds. The van der Waals surface area contributed by atoms with E-state index in [1.807, 2.05) is 24.3 Å². The minimum Gasteiger partial charge on any atom is -0.493 e. The maximum Gasteiger partial charge on any atom is 0.305 e. The van der Waals surface area contributed by atoms with Crippen LogP contribution in [0.25, 0.3) is 10.9 Å². The van der Waals surface area contributed by atoms with Crippen molar-refractivity contribution in [2.75, 3.05) is 26.4 Å². The van der Waals surface area contributed by atoms with E-state index < -0.39 is 5.92 Å². The van der Waals surface area contributed by atoms with E-state index in [0.29, 0.717) is 105 Å². The van der Waals surface area contributed by atoms with Gasteiger partial charge in [0.2, 0.25) is 0 Å². The van der Waals surface area contributed by atoms with Crippen LogP contribution in [0.4, 0.5) is 0 Å². The summed E-state index contributed by atoms with van der Waals surface area (Å²) in [7, 11) is 0. The van der Waals surface area contributed by atoms with Crippen molar-refractivity contribution < 1.29 is 38.1 Å². The molecule has 0 N–H and O–H groups in total. The molecule has 2 aromatic carbocycles. The van der Waals surface area contributed by atoms with Crippen LogP contribution in [-0.2, 0) is 19.1 Å². The first-order chi connectivity index (χ1) is 25.8. The summed E-state index contributed by atoms with van der Waals surface area (Å²) in [6.45, 7) is 10.2. The summed E-state index contributed by atoms with van der Waals surface area (Å²) in [4.78, 5) is 57.0. The van der Waals surface area contributed by atoms with Crippen molar-refractivity contribution in [3.05, 3.63) is 65.4 Å². The summed E-state index contributed by atoms with van der Waals surface area (Å²) in [5, 5.41) is 0.776. The molecule has 3 unspecified atom stereocenters. The molecule has 0 saturated carbocycles. The zero-order valence-corrected chi connectivity index (χ0v) is 32.3. The van der Waals surface area contributed by atoms with Gasteiger partial charge in [0.15, 0.2) is 11.6 Å². The van der Waals surface area contributed by atoms with Crippen molar-refractivity contribution in [3.8, 4) is 11.5 Å². The normalized spacial score (nSPS) is 14.9. The molecule has 1 aliphatic carbocycles. The van der Waals surface area contributed by atoms with Crippen LogP contribution < -0.4 is 9.47 Å². The molecule has 3 atom stereocenters. The third-order valence-corrected chi connectivity index (χ3v) is 10.2. The third-order valence-electron chi connectivity index (χ3n) is 10.2. The van der Waals surface area contributed by atoms with Gasteiger partial charge in [-0.2, -0.15) is 0 Å². The van der Waals surface area contributed by atoms with Gasteiger partial charge in [-0.25, -0.2) is 0 Å². The van der Waals surface area contributed by atoms with Gasteiger partial charge in [0, 0.05) is 29.9 Å². The molecule has 0 saturated heterocycles. The number of pyridine rings is 1. The number of carbonyl (C=O) groups is 4. The quantitative estimate of drug-likeness (QED) is 0.0477. The van der Waals surface area contributed by atoms with E-state index in [1.165, 1.54) is 0 Å². The standard InChI is InChI=1S/C44H59NO8/c1-5-9-18-31(7-3)29-52-39(46)24-13-15-26-50-37-23-17-21-34-41(37)44(49)42(43(34)48)36-28-38(33-20-11-12-22-35(33)45-36)51-27-16-14-25-40(47)53-30-32(8-4)19-10-6-2/h11-12,17,20-23,28,31-32,42H,5-10,13-16,18-19,24-27,29-30H2,1-4H3. The van der Waals surface area contributed by atoms with Crippen LogP contribution in [0, 0.1) is 11.8 Å². The highest BCUT2D eigenvalue weighted by Crippen LogP contribution is 2.40. The third kappa shape index (κ3) is 12.1. The number of ether oxygens (including phenoxy) is 4. The fraction of sp³-hybridized carbons (Fsp3) is 0.568. The first-order valence-electron chi connectivity index (χ1n) is 20.0. The van der Waals surface area contributed by atoms with Crippen molar-refractivity contribution in [1.29, 1.82) is 0 Å². The Morgan fingerprint density at radius 3 is 1.85 bits per heavy atom. The zero-order valence-electron chi connectivity index (χ0n) is 32.3. The van der Waals surface area contributed by atoms with Gasteiger partial charge in [-0.1, -0.05) is 90.5 Å². The van der Waals surface area contributed by atoms with Crippen molar-refractivity contribution in [1.82, 2.24) is 4.98 Å². The van der Waals surface area contributed by atoms with Crippen LogP contribution in [0.2, 0.25) is 0 Å². The summed E-state index contributed by atoms with van der Waals surface area (Å²) < 4.78 is 23.3. The molecule has 3 aromatic rings. The number of Topliss-reactive ketones (excluding diaryl/α,β-unsaturated/α-hetero) is 2. The first-order valence-corrected chi connectivity index (χ1v) is 20.0. The Labute approximate surface area is 315 Å². The lowest BCUT2D eigenvalue weighted by Crippen LogP contribution is -2.15. The Hall–Kier alpha value is -4.27. The highest BCUT2D eigenvalue weighted by atomic mass is 16.5. The molecule has 9 heteroatoms. The van der Waals surface area contributed by atoms with Crippen LogP contribution in [0.5, 0.6) is 11.5 Å². The van der Waals surface area contributed by atoms with Gasteiger partial charge in [0.1, 0.15) is 17.4 Å². The van der Waals surface area contributed by atoms with E-state index in [0.717, 1.165) is 56.8 Å². The monoisotopic (exact) mass is 729 g/mol. The van der Waals surface area contributed by atoms with E-state index in [4.69, 9.17) is 23.9 Å². The molecular weight excluding hydrogens is 670 g/mol. The molecule has 1 aliphatic rings. The van der Waals surface area contributed by atoms with Crippen LogP contribution in [-0.4, -0.2) is 54.9 Å². The van der Waals surface area contributed by atoms with E-state index in [9.17, 15) is 19.2 Å². The Bertz CT molecular complexity index is 1650. The van der Waals surface area contributed by atoms with Crippen LogP contribution in [0.1, 0.15) is 150 Å². The number of aromatic nitrogens is 1. The molecule has 0 fully saturated rings. The van der Waals surface area contributed by atoms with E-state index in [2.05, 4.69) is 27.7 Å². The number of unbranched alkanes of at least 4 members (excludes halogenated alkanes) is 4. The first kappa shape index (κ1) is 41.5. The number of ketones is 2. The molecule has 9 nitrogen and oxygen atoms in total. The predicted octanol–water partition coefficient (Wildman–Crippen LogP) is 10.0. The van der Waals surface area contributed by atoms with Gasteiger partial charge in [-0.05, 0) is 68.6 Å². The van der Waals surface area contributed by atoms with Crippen molar-refractivity contribution in [2.24, 2.45) is 11.8 Å². The lowest BCUT2D eigenvalue weighted by atomic mass is 9.98. The smallest absolute Gasteiger partial charge is 0.305 e. The minimum absolute atomic E-state index is 0.184. The summed E-state index contributed by atoms with van der Waals surface area (Å²) in [5.74, 6) is -0.469. The van der Waals surface area contributed by atoms with E-state index in [1.54, 1.807) is 24.3 Å². The fourth-order valence-electron chi connectivity index (χ4n) is 6.70. The number of para-hydroxylation sites is 1. The number of benzene rings is 2. The summed E-state index contributed by atoms with van der Waals surface area (Å²) in [6, 6.07) is 14.2. The van der Waals surface area contributed by atoms with Crippen molar-refractivity contribution >= 4 is 34.4 Å². The van der Waals surface area contributed by atoms with Crippen molar-refractivity contribution in [3.63, 3.8) is 0 Å². The number of esters is 2. The number of fused-ring (bicyclic) bond motifs is 2.